The predicted octanol–water partition coefficient (Wildman–Crippen LogP) is 3.69. The molecule has 2 heterocycles. The van der Waals surface area contributed by atoms with Crippen LogP contribution in [0.4, 0.5) is 0 Å². The van der Waals surface area contributed by atoms with Crippen LogP contribution in [0.1, 0.15) is 76.4 Å². The summed E-state index contributed by atoms with van der Waals surface area (Å²) in [7, 11) is 0. The van der Waals surface area contributed by atoms with Gasteiger partial charge in [0.25, 0.3) is 0 Å². The lowest BCUT2D eigenvalue weighted by atomic mass is 9.93. The highest BCUT2D eigenvalue weighted by Gasteiger charge is 2.27. The molecule has 0 N–H and O–H groups in total. The number of carbonyl (C=O) groups is 1. The van der Waals surface area contributed by atoms with Crippen LogP contribution in [-0.2, 0) is 4.79 Å². The molecule has 1 aliphatic rings. The van der Waals surface area contributed by atoms with E-state index in [1.54, 1.807) is 0 Å². The minimum absolute atomic E-state index is 0.325. The van der Waals surface area contributed by atoms with Gasteiger partial charge in [0.05, 0.1) is 0 Å². The molecule has 22 heavy (non-hydrogen) atoms. The monoisotopic (exact) mass is 307 g/mol. The van der Waals surface area contributed by atoms with Crippen molar-refractivity contribution in [3.05, 3.63) is 11.7 Å². The second-order valence-corrected chi connectivity index (χ2v) is 6.45. The SMILES string of the molecule is CCCC[C@@H](CC)CC(=O)N1CCC(c2noc(C)n2)CC1. The van der Waals surface area contributed by atoms with Crippen LogP contribution in [0.3, 0.4) is 0 Å². The average Bonchev–Trinajstić information content (AvgIpc) is 2.98. The molecular formula is C17H29N3O2. The number of hydrogen-bond donors (Lipinski definition) is 0. The Morgan fingerprint density at radius 3 is 2.64 bits per heavy atom. The molecule has 124 valence electrons. The van der Waals surface area contributed by atoms with Crippen LogP contribution < -0.4 is 0 Å². The van der Waals surface area contributed by atoms with Crippen LogP contribution in [0.15, 0.2) is 4.52 Å². The minimum Gasteiger partial charge on any atom is -0.343 e. The number of piperidine rings is 1. The molecule has 0 aromatic carbocycles. The molecule has 0 bridgehead atoms. The van der Waals surface area contributed by atoms with Gasteiger partial charge in [0.15, 0.2) is 5.82 Å². The van der Waals surface area contributed by atoms with E-state index in [0.717, 1.165) is 38.2 Å². The molecule has 0 radical (unpaired) electrons. The number of amides is 1. The zero-order valence-electron chi connectivity index (χ0n) is 14.2. The highest BCUT2D eigenvalue weighted by Crippen LogP contribution is 2.27. The third-order valence-corrected chi connectivity index (χ3v) is 4.76. The van der Waals surface area contributed by atoms with E-state index < -0.39 is 0 Å². The lowest BCUT2D eigenvalue weighted by molar-refractivity contribution is -0.133. The van der Waals surface area contributed by atoms with E-state index in [-0.39, 0.29) is 0 Å². The van der Waals surface area contributed by atoms with Crippen molar-refractivity contribution in [2.45, 2.75) is 71.6 Å². The van der Waals surface area contributed by atoms with Crippen molar-refractivity contribution in [1.29, 1.82) is 0 Å². The lowest BCUT2D eigenvalue weighted by Gasteiger charge is -2.31. The Hall–Kier alpha value is -1.39. The summed E-state index contributed by atoms with van der Waals surface area (Å²) in [6, 6.07) is 0. The molecule has 1 fully saturated rings. The van der Waals surface area contributed by atoms with Gasteiger partial charge in [0.1, 0.15) is 0 Å². The maximum atomic E-state index is 12.5. The Morgan fingerprint density at radius 2 is 2.09 bits per heavy atom. The molecule has 0 spiro atoms. The summed E-state index contributed by atoms with van der Waals surface area (Å²) in [5, 5.41) is 4.02. The number of rotatable bonds is 7. The number of aromatic nitrogens is 2. The van der Waals surface area contributed by atoms with Crippen molar-refractivity contribution >= 4 is 5.91 Å². The first-order valence-corrected chi connectivity index (χ1v) is 8.72. The molecule has 0 unspecified atom stereocenters. The van der Waals surface area contributed by atoms with E-state index in [0.29, 0.717) is 30.1 Å². The molecule has 0 aliphatic carbocycles. The number of nitrogens with zero attached hydrogens (tertiary/aromatic N) is 3. The second kappa shape index (κ2) is 8.30. The lowest BCUT2D eigenvalue weighted by Crippen LogP contribution is -2.38. The molecule has 5 heteroatoms. The predicted molar refractivity (Wildman–Crippen MR) is 85.5 cm³/mol. The van der Waals surface area contributed by atoms with Gasteiger partial charge in [-0.05, 0) is 25.2 Å². The fourth-order valence-corrected chi connectivity index (χ4v) is 3.19. The maximum absolute atomic E-state index is 12.5. The van der Waals surface area contributed by atoms with Crippen molar-refractivity contribution in [3.63, 3.8) is 0 Å². The average molecular weight is 307 g/mol. The van der Waals surface area contributed by atoms with Crippen molar-refractivity contribution in [2.75, 3.05) is 13.1 Å². The van der Waals surface area contributed by atoms with Gasteiger partial charge in [-0.3, -0.25) is 4.79 Å². The van der Waals surface area contributed by atoms with E-state index in [1.165, 1.54) is 19.3 Å². The Labute approximate surface area is 133 Å². The zero-order valence-corrected chi connectivity index (χ0v) is 14.2. The van der Waals surface area contributed by atoms with Gasteiger partial charge in [-0.1, -0.05) is 38.3 Å². The molecule has 5 nitrogen and oxygen atoms in total. The van der Waals surface area contributed by atoms with Crippen molar-refractivity contribution in [3.8, 4) is 0 Å². The first kappa shape index (κ1) is 17.0. The molecular weight excluding hydrogens is 278 g/mol. The molecule has 1 atom stereocenters. The summed E-state index contributed by atoms with van der Waals surface area (Å²) in [5.74, 6) is 2.63. The summed E-state index contributed by atoms with van der Waals surface area (Å²) in [4.78, 5) is 18.8. The first-order valence-electron chi connectivity index (χ1n) is 8.72. The van der Waals surface area contributed by atoms with Crippen molar-refractivity contribution in [1.82, 2.24) is 15.0 Å². The van der Waals surface area contributed by atoms with Crippen molar-refractivity contribution in [2.24, 2.45) is 5.92 Å². The Kier molecular flexibility index (Phi) is 6.40. The third-order valence-electron chi connectivity index (χ3n) is 4.76. The van der Waals surface area contributed by atoms with Gasteiger partial charge in [-0.2, -0.15) is 4.98 Å². The molecule has 1 aromatic heterocycles. The molecule has 2 rings (SSSR count). The Bertz CT molecular complexity index is 464. The fourth-order valence-electron chi connectivity index (χ4n) is 3.19. The summed E-state index contributed by atoms with van der Waals surface area (Å²) in [6.07, 6.45) is 7.31. The van der Waals surface area contributed by atoms with E-state index >= 15 is 0 Å². The summed E-state index contributed by atoms with van der Waals surface area (Å²) in [6.45, 7) is 7.86. The standard InChI is InChI=1S/C17H29N3O2/c1-4-6-7-14(5-2)12-16(21)20-10-8-15(9-11-20)17-18-13(3)22-19-17/h14-15H,4-12H2,1-3H3/t14-/m1/s1. The highest BCUT2D eigenvalue weighted by molar-refractivity contribution is 5.76. The number of aryl methyl sites for hydroxylation is 1. The van der Waals surface area contributed by atoms with Crippen molar-refractivity contribution < 1.29 is 9.32 Å². The number of carbonyl (C=O) groups excluding carboxylic acids is 1. The van der Waals surface area contributed by atoms with E-state index in [4.69, 9.17) is 4.52 Å². The van der Waals surface area contributed by atoms with Gasteiger partial charge in [-0.15, -0.1) is 0 Å². The summed E-state index contributed by atoms with van der Waals surface area (Å²) < 4.78 is 5.06. The highest BCUT2D eigenvalue weighted by atomic mass is 16.5. The molecule has 0 saturated carbocycles. The maximum Gasteiger partial charge on any atom is 0.223 e. The molecule has 1 amide bonds. The van der Waals surface area contributed by atoms with Crippen LogP contribution in [0.5, 0.6) is 0 Å². The van der Waals surface area contributed by atoms with Gasteiger partial charge >= 0.3 is 0 Å². The van der Waals surface area contributed by atoms with Crippen LogP contribution in [0.25, 0.3) is 0 Å². The second-order valence-electron chi connectivity index (χ2n) is 6.45. The van der Waals surface area contributed by atoms with Crippen LogP contribution in [0, 0.1) is 12.8 Å². The smallest absolute Gasteiger partial charge is 0.223 e. The fraction of sp³-hybridized carbons (Fsp3) is 0.824. The van der Waals surface area contributed by atoms with Gasteiger partial charge in [-0.25, -0.2) is 0 Å². The van der Waals surface area contributed by atoms with Gasteiger partial charge in [0, 0.05) is 32.4 Å². The Balaban J connectivity index is 1.79. The number of hydrogen-bond acceptors (Lipinski definition) is 4. The zero-order chi connectivity index (χ0) is 15.9. The topological polar surface area (TPSA) is 59.2 Å². The summed E-state index contributed by atoms with van der Waals surface area (Å²) in [5.41, 5.74) is 0. The largest absolute Gasteiger partial charge is 0.343 e. The number of likely N-dealkylation sites (tertiary alicyclic amines) is 1. The van der Waals surface area contributed by atoms with Crippen LogP contribution in [-0.4, -0.2) is 34.0 Å². The molecule has 1 saturated heterocycles. The molecule has 1 aromatic rings. The van der Waals surface area contributed by atoms with Crippen LogP contribution in [0.2, 0.25) is 0 Å². The van der Waals surface area contributed by atoms with E-state index in [9.17, 15) is 4.79 Å². The number of unbranched alkanes of at least 4 members (excludes halogenated alkanes) is 1. The first-order chi connectivity index (χ1) is 10.6. The Morgan fingerprint density at radius 1 is 1.36 bits per heavy atom. The van der Waals surface area contributed by atoms with E-state index in [1.807, 2.05) is 11.8 Å². The van der Waals surface area contributed by atoms with Gasteiger partial charge in [0.2, 0.25) is 11.8 Å². The quantitative estimate of drug-likeness (QED) is 0.771. The minimum atomic E-state index is 0.325. The summed E-state index contributed by atoms with van der Waals surface area (Å²) >= 11 is 0. The van der Waals surface area contributed by atoms with E-state index in [2.05, 4.69) is 24.0 Å². The molecule has 1 aliphatic heterocycles. The van der Waals surface area contributed by atoms with Crippen LogP contribution >= 0.6 is 0 Å². The normalized spacial score (nSPS) is 17.7. The van der Waals surface area contributed by atoms with Gasteiger partial charge < -0.3 is 9.42 Å². The third kappa shape index (κ3) is 4.55.